The van der Waals surface area contributed by atoms with Gasteiger partial charge in [-0.2, -0.15) is 0 Å². The van der Waals surface area contributed by atoms with Crippen LogP contribution in [-0.2, 0) is 11.3 Å². The smallest absolute Gasteiger partial charge is 0.123 e. The molecule has 108 valence electrons. The first-order valence-corrected chi connectivity index (χ1v) is 7.70. The second kappa shape index (κ2) is 9.34. The summed E-state index contributed by atoms with van der Waals surface area (Å²) in [6.45, 7) is 9.34. The first-order valence-electron chi connectivity index (χ1n) is 6.90. The Labute approximate surface area is 124 Å². The Bertz CT molecular complexity index is 371. The second-order valence-electron chi connectivity index (χ2n) is 4.50. The topological polar surface area (TPSA) is 30.5 Å². The maximum absolute atomic E-state index is 5.75. The summed E-state index contributed by atoms with van der Waals surface area (Å²) in [4.78, 5) is 0. The van der Waals surface area contributed by atoms with Crippen molar-refractivity contribution in [1.29, 1.82) is 0 Å². The van der Waals surface area contributed by atoms with Gasteiger partial charge in [0.15, 0.2) is 0 Å². The van der Waals surface area contributed by atoms with Gasteiger partial charge in [0.25, 0.3) is 0 Å². The average molecular weight is 330 g/mol. The highest BCUT2D eigenvalue weighted by Crippen LogP contribution is 2.23. The summed E-state index contributed by atoms with van der Waals surface area (Å²) in [6.07, 6.45) is 1.25. The van der Waals surface area contributed by atoms with Gasteiger partial charge in [0, 0.05) is 29.7 Å². The monoisotopic (exact) mass is 329 g/mol. The molecule has 0 saturated carbocycles. The predicted octanol–water partition coefficient (Wildman–Crippen LogP) is 3.75. The fraction of sp³-hybridized carbons (Fsp3) is 0.600. The molecule has 0 amide bonds. The molecule has 4 heteroatoms. The molecule has 0 radical (unpaired) electrons. The molecule has 0 saturated heterocycles. The first kappa shape index (κ1) is 16.5. The van der Waals surface area contributed by atoms with Crippen LogP contribution in [0.3, 0.4) is 0 Å². The van der Waals surface area contributed by atoms with Crippen LogP contribution in [0.15, 0.2) is 22.7 Å². The summed E-state index contributed by atoms with van der Waals surface area (Å²) in [5.74, 6) is 0.960. The van der Waals surface area contributed by atoms with Gasteiger partial charge < -0.3 is 14.8 Å². The Hall–Kier alpha value is -0.580. The Balaban J connectivity index is 2.52. The van der Waals surface area contributed by atoms with Crippen LogP contribution in [0.1, 0.15) is 32.8 Å². The zero-order valence-corrected chi connectivity index (χ0v) is 13.6. The molecule has 1 unspecified atom stereocenters. The molecule has 0 aromatic heterocycles. The zero-order chi connectivity index (χ0) is 14.1. The molecule has 1 aromatic rings. The highest BCUT2D eigenvalue weighted by Gasteiger charge is 2.06. The third kappa shape index (κ3) is 6.41. The van der Waals surface area contributed by atoms with Crippen LogP contribution in [-0.4, -0.2) is 25.9 Å². The number of nitrogens with one attached hydrogen (secondary N) is 1. The van der Waals surface area contributed by atoms with Crippen molar-refractivity contribution in [1.82, 2.24) is 5.32 Å². The van der Waals surface area contributed by atoms with Crippen LogP contribution in [0, 0.1) is 0 Å². The summed E-state index contributed by atoms with van der Waals surface area (Å²) in [5, 5.41) is 3.40. The lowest BCUT2D eigenvalue weighted by Crippen LogP contribution is -2.26. The number of benzene rings is 1. The lowest BCUT2D eigenvalue weighted by atomic mass is 10.2. The SMILES string of the molecule is CCCOc1ccc(Br)cc1CNCC(C)OCC. The molecule has 1 rings (SSSR count). The largest absolute Gasteiger partial charge is 0.493 e. The van der Waals surface area contributed by atoms with E-state index in [1.807, 2.05) is 19.1 Å². The lowest BCUT2D eigenvalue weighted by molar-refractivity contribution is 0.0759. The van der Waals surface area contributed by atoms with E-state index >= 15 is 0 Å². The lowest BCUT2D eigenvalue weighted by Gasteiger charge is -2.15. The number of hydrogen-bond acceptors (Lipinski definition) is 3. The summed E-state index contributed by atoms with van der Waals surface area (Å²) in [5.41, 5.74) is 1.17. The minimum absolute atomic E-state index is 0.233. The Morgan fingerprint density at radius 2 is 2.11 bits per heavy atom. The van der Waals surface area contributed by atoms with E-state index in [1.165, 1.54) is 5.56 Å². The molecule has 1 aromatic carbocycles. The molecular formula is C15H24BrNO2. The highest BCUT2D eigenvalue weighted by atomic mass is 79.9. The molecule has 0 fully saturated rings. The van der Waals surface area contributed by atoms with Gasteiger partial charge >= 0.3 is 0 Å². The highest BCUT2D eigenvalue weighted by molar-refractivity contribution is 9.10. The molecule has 0 aliphatic rings. The fourth-order valence-corrected chi connectivity index (χ4v) is 2.20. The third-order valence-corrected chi connectivity index (χ3v) is 3.18. The van der Waals surface area contributed by atoms with Gasteiger partial charge in [-0.15, -0.1) is 0 Å². The van der Waals surface area contributed by atoms with Crippen molar-refractivity contribution in [2.45, 2.75) is 39.8 Å². The molecule has 0 spiro atoms. The molecule has 0 heterocycles. The van der Waals surface area contributed by atoms with Crippen molar-refractivity contribution < 1.29 is 9.47 Å². The number of hydrogen-bond donors (Lipinski definition) is 1. The molecule has 1 atom stereocenters. The number of rotatable bonds is 9. The van der Waals surface area contributed by atoms with Gasteiger partial charge in [-0.1, -0.05) is 22.9 Å². The van der Waals surface area contributed by atoms with Crippen molar-refractivity contribution in [3.8, 4) is 5.75 Å². The van der Waals surface area contributed by atoms with Crippen molar-refractivity contribution in [2.75, 3.05) is 19.8 Å². The summed E-state index contributed by atoms with van der Waals surface area (Å²) in [7, 11) is 0. The number of halogens is 1. The summed E-state index contributed by atoms with van der Waals surface area (Å²) < 4.78 is 12.3. The minimum atomic E-state index is 0.233. The van der Waals surface area contributed by atoms with Crippen LogP contribution in [0.25, 0.3) is 0 Å². The van der Waals surface area contributed by atoms with Gasteiger partial charge in [0.1, 0.15) is 5.75 Å². The van der Waals surface area contributed by atoms with Crippen molar-refractivity contribution >= 4 is 15.9 Å². The van der Waals surface area contributed by atoms with Crippen LogP contribution in [0.5, 0.6) is 5.75 Å². The molecular weight excluding hydrogens is 306 g/mol. The molecule has 1 N–H and O–H groups in total. The second-order valence-corrected chi connectivity index (χ2v) is 5.41. The fourth-order valence-electron chi connectivity index (χ4n) is 1.79. The van der Waals surface area contributed by atoms with Crippen LogP contribution in [0.4, 0.5) is 0 Å². The summed E-state index contributed by atoms with van der Waals surface area (Å²) in [6, 6.07) is 6.13. The molecule has 0 aliphatic carbocycles. The standard InChI is InChI=1S/C15H24BrNO2/c1-4-8-19-15-7-6-14(16)9-13(15)11-17-10-12(3)18-5-2/h6-7,9,12,17H,4-5,8,10-11H2,1-3H3. The minimum Gasteiger partial charge on any atom is -0.493 e. The maximum atomic E-state index is 5.75. The quantitative estimate of drug-likeness (QED) is 0.748. The van der Waals surface area contributed by atoms with E-state index in [1.54, 1.807) is 0 Å². The third-order valence-electron chi connectivity index (χ3n) is 2.68. The van der Waals surface area contributed by atoms with E-state index in [9.17, 15) is 0 Å². The Morgan fingerprint density at radius 3 is 2.79 bits per heavy atom. The normalized spacial score (nSPS) is 12.4. The van der Waals surface area contributed by atoms with Gasteiger partial charge in [-0.25, -0.2) is 0 Å². The van der Waals surface area contributed by atoms with Crippen LogP contribution in [0.2, 0.25) is 0 Å². The van der Waals surface area contributed by atoms with E-state index in [4.69, 9.17) is 9.47 Å². The van der Waals surface area contributed by atoms with Crippen molar-refractivity contribution in [2.24, 2.45) is 0 Å². The van der Waals surface area contributed by atoms with Gasteiger partial charge in [0.05, 0.1) is 12.7 Å². The van der Waals surface area contributed by atoms with E-state index in [2.05, 4.69) is 41.2 Å². The van der Waals surface area contributed by atoms with Crippen LogP contribution >= 0.6 is 15.9 Å². The van der Waals surface area contributed by atoms with E-state index in [0.29, 0.717) is 0 Å². The zero-order valence-electron chi connectivity index (χ0n) is 12.0. The van der Waals surface area contributed by atoms with Crippen LogP contribution < -0.4 is 10.1 Å². The molecule has 3 nitrogen and oxygen atoms in total. The van der Waals surface area contributed by atoms with Gasteiger partial charge in [-0.3, -0.25) is 0 Å². The van der Waals surface area contributed by atoms with Gasteiger partial charge in [0.2, 0.25) is 0 Å². The number of ether oxygens (including phenoxy) is 2. The van der Waals surface area contributed by atoms with Crippen molar-refractivity contribution in [3.05, 3.63) is 28.2 Å². The molecule has 19 heavy (non-hydrogen) atoms. The first-order chi connectivity index (χ1) is 9.17. The Kier molecular flexibility index (Phi) is 8.10. The van der Waals surface area contributed by atoms with E-state index in [0.717, 1.165) is 42.9 Å². The molecule has 0 bridgehead atoms. The maximum Gasteiger partial charge on any atom is 0.123 e. The van der Waals surface area contributed by atoms with E-state index in [-0.39, 0.29) is 6.10 Å². The average Bonchev–Trinajstić information content (AvgIpc) is 2.38. The predicted molar refractivity (Wildman–Crippen MR) is 82.7 cm³/mol. The molecule has 0 aliphatic heterocycles. The van der Waals surface area contributed by atoms with E-state index < -0.39 is 0 Å². The van der Waals surface area contributed by atoms with Crippen molar-refractivity contribution in [3.63, 3.8) is 0 Å². The Morgan fingerprint density at radius 1 is 1.32 bits per heavy atom. The summed E-state index contributed by atoms with van der Waals surface area (Å²) >= 11 is 3.50. The van der Waals surface area contributed by atoms with Gasteiger partial charge in [-0.05, 0) is 38.5 Å².